The van der Waals surface area contributed by atoms with Gasteiger partial charge in [-0.05, 0) is 67.3 Å². The Labute approximate surface area is 150 Å². The minimum atomic E-state index is -0.581. The van der Waals surface area contributed by atoms with Crippen molar-refractivity contribution in [2.75, 3.05) is 13.7 Å². The molecule has 0 aromatic heterocycles. The highest BCUT2D eigenvalue weighted by molar-refractivity contribution is 5.29. The van der Waals surface area contributed by atoms with Gasteiger partial charge in [0.2, 0.25) is 0 Å². The van der Waals surface area contributed by atoms with Gasteiger partial charge in [0.25, 0.3) is 0 Å². The third-order valence-corrected chi connectivity index (χ3v) is 9.27. The summed E-state index contributed by atoms with van der Waals surface area (Å²) in [6.07, 6.45) is 5.98. The Kier molecular flexibility index (Phi) is 3.41. The minimum Gasteiger partial charge on any atom is -0.392 e. The first-order valence-electron chi connectivity index (χ1n) is 10.1. The second-order valence-corrected chi connectivity index (χ2v) is 9.92. The molecule has 1 heterocycles. The van der Waals surface area contributed by atoms with Gasteiger partial charge in [0, 0.05) is 17.9 Å². The van der Waals surface area contributed by atoms with Crippen molar-refractivity contribution in [2.24, 2.45) is 34.0 Å². The predicted molar refractivity (Wildman–Crippen MR) is 93.7 cm³/mol. The van der Waals surface area contributed by atoms with E-state index in [1.807, 2.05) is 0 Å². The fourth-order valence-corrected chi connectivity index (χ4v) is 8.24. The molecule has 1 saturated heterocycles. The first kappa shape index (κ1) is 16.7. The molecule has 0 aromatic rings. The SMILES string of the molecule is C=C1[C@H]2CC[C@]3(C(C2)C24CCC[C@@](C)(CO[C@@H]2OC)C4C[C@H]3O)[C@H]1O. The summed E-state index contributed by atoms with van der Waals surface area (Å²) in [4.78, 5) is 0. The number of hydrogen-bond acceptors (Lipinski definition) is 4. The molecule has 5 saturated carbocycles. The Hall–Kier alpha value is -0.420. The van der Waals surface area contributed by atoms with Crippen molar-refractivity contribution in [1.82, 2.24) is 0 Å². The van der Waals surface area contributed by atoms with E-state index < -0.39 is 17.6 Å². The van der Waals surface area contributed by atoms with Gasteiger partial charge >= 0.3 is 0 Å². The number of ether oxygens (including phenoxy) is 2. The van der Waals surface area contributed by atoms with E-state index in [-0.39, 0.29) is 23.0 Å². The van der Waals surface area contributed by atoms with E-state index in [0.717, 1.165) is 44.3 Å². The maximum Gasteiger partial charge on any atom is 0.163 e. The molecule has 0 radical (unpaired) electrons. The van der Waals surface area contributed by atoms with E-state index in [9.17, 15) is 10.2 Å². The van der Waals surface area contributed by atoms with Crippen LogP contribution in [0.2, 0.25) is 0 Å². The second kappa shape index (κ2) is 5.09. The molecule has 4 bridgehead atoms. The number of hydrogen-bond donors (Lipinski definition) is 2. The molecule has 6 fully saturated rings. The summed E-state index contributed by atoms with van der Waals surface area (Å²) in [5, 5.41) is 22.5. The number of fused-ring (bicyclic) bond motifs is 2. The summed E-state index contributed by atoms with van der Waals surface area (Å²) in [6.45, 7) is 7.28. The zero-order chi connectivity index (χ0) is 17.6. The van der Waals surface area contributed by atoms with Crippen LogP contribution in [-0.2, 0) is 9.47 Å². The van der Waals surface area contributed by atoms with E-state index in [0.29, 0.717) is 11.8 Å². The summed E-state index contributed by atoms with van der Waals surface area (Å²) < 4.78 is 12.2. The standard InChI is InChI=1S/C21H32O4/c1-12-13-5-8-21(17(12)23)15(9-13)20-7-4-6-19(2,11-25-18(20)24-3)14(20)10-16(21)22/h13-18,22-23H,1,4-11H2,2-3H3/t13-,14?,15?,16+,17-,18-,19-,20?,21+/m0/s1. The minimum absolute atomic E-state index is 0.0699. The normalized spacial score (nSPS) is 60.1. The Morgan fingerprint density at radius 3 is 2.68 bits per heavy atom. The Balaban J connectivity index is 1.69. The van der Waals surface area contributed by atoms with Gasteiger partial charge in [-0.1, -0.05) is 19.9 Å². The molecular formula is C21H32O4. The Morgan fingerprint density at radius 1 is 1.12 bits per heavy atom. The van der Waals surface area contributed by atoms with Gasteiger partial charge in [-0.2, -0.15) is 0 Å². The van der Waals surface area contributed by atoms with Gasteiger partial charge in [-0.25, -0.2) is 0 Å². The summed E-state index contributed by atoms with van der Waals surface area (Å²) in [5.41, 5.74) is 0.562. The van der Waals surface area contributed by atoms with Crippen LogP contribution in [0.5, 0.6) is 0 Å². The van der Waals surface area contributed by atoms with Crippen LogP contribution in [0.15, 0.2) is 12.2 Å². The molecule has 6 rings (SSSR count). The van der Waals surface area contributed by atoms with Crippen molar-refractivity contribution >= 4 is 0 Å². The van der Waals surface area contributed by atoms with E-state index in [1.165, 1.54) is 12.8 Å². The molecule has 2 N–H and O–H groups in total. The average molecular weight is 348 g/mol. The highest BCUT2D eigenvalue weighted by Crippen LogP contribution is 2.74. The van der Waals surface area contributed by atoms with Gasteiger partial charge in [-0.3, -0.25) is 0 Å². The lowest BCUT2D eigenvalue weighted by Crippen LogP contribution is -2.74. The largest absolute Gasteiger partial charge is 0.392 e. The molecule has 6 aliphatic rings. The molecule has 0 amide bonds. The predicted octanol–water partition coefficient (Wildman–Crippen LogP) is 2.88. The van der Waals surface area contributed by atoms with Gasteiger partial charge in [0.1, 0.15) is 0 Å². The molecular weight excluding hydrogens is 316 g/mol. The van der Waals surface area contributed by atoms with Crippen LogP contribution in [-0.4, -0.2) is 42.4 Å². The van der Waals surface area contributed by atoms with Crippen molar-refractivity contribution < 1.29 is 19.7 Å². The molecule has 1 aliphatic heterocycles. The van der Waals surface area contributed by atoms with Crippen molar-refractivity contribution in [3.8, 4) is 0 Å². The highest BCUT2D eigenvalue weighted by atomic mass is 16.7. The van der Waals surface area contributed by atoms with Crippen LogP contribution >= 0.6 is 0 Å². The molecule has 9 atom stereocenters. The lowest BCUT2D eigenvalue weighted by atomic mass is 9.34. The topological polar surface area (TPSA) is 58.9 Å². The van der Waals surface area contributed by atoms with E-state index in [1.54, 1.807) is 7.11 Å². The molecule has 0 aromatic carbocycles. The zero-order valence-corrected chi connectivity index (χ0v) is 15.5. The average Bonchev–Trinajstić information content (AvgIpc) is 2.60. The molecule has 25 heavy (non-hydrogen) atoms. The van der Waals surface area contributed by atoms with Crippen molar-refractivity contribution in [3.63, 3.8) is 0 Å². The fourth-order valence-electron chi connectivity index (χ4n) is 8.24. The fraction of sp³-hybridized carbons (Fsp3) is 0.905. The number of aliphatic hydroxyl groups excluding tert-OH is 2. The summed E-state index contributed by atoms with van der Waals surface area (Å²) in [6, 6.07) is 0. The maximum atomic E-state index is 11.3. The first-order valence-corrected chi connectivity index (χ1v) is 10.1. The van der Waals surface area contributed by atoms with Crippen LogP contribution in [0.1, 0.15) is 51.9 Å². The molecule has 5 aliphatic carbocycles. The number of rotatable bonds is 1. The van der Waals surface area contributed by atoms with Crippen molar-refractivity contribution in [1.29, 1.82) is 0 Å². The lowest BCUT2D eigenvalue weighted by Gasteiger charge is -2.73. The number of aliphatic hydroxyl groups is 2. The van der Waals surface area contributed by atoms with Crippen LogP contribution in [0, 0.1) is 34.0 Å². The van der Waals surface area contributed by atoms with Gasteiger partial charge < -0.3 is 19.7 Å². The van der Waals surface area contributed by atoms with Crippen molar-refractivity contribution in [2.45, 2.75) is 70.4 Å². The van der Waals surface area contributed by atoms with Gasteiger partial charge in [-0.15, -0.1) is 0 Å². The van der Waals surface area contributed by atoms with Gasteiger partial charge in [0.05, 0.1) is 18.8 Å². The highest BCUT2D eigenvalue weighted by Gasteiger charge is 2.74. The Bertz CT molecular complexity index is 605. The van der Waals surface area contributed by atoms with Crippen LogP contribution in [0.25, 0.3) is 0 Å². The van der Waals surface area contributed by atoms with E-state index >= 15 is 0 Å². The first-order chi connectivity index (χ1) is 11.9. The second-order valence-electron chi connectivity index (χ2n) is 9.92. The van der Waals surface area contributed by atoms with Crippen LogP contribution in [0.3, 0.4) is 0 Å². The van der Waals surface area contributed by atoms with Crippen LogP contribution < -0.4 is 0 Å². The summed E-state index contributed by atoms with van der Waals surface area (Å²) in [5.74, 6) is 1.06. The molecule has 140 valence electrons. The molecule has 3 unspecified atom stereocenters. The third kappa shape index (κ3) is 1.73. The quantitative estimate of drug-likeness (QED) is 0.716. The smallest absolute Gasteiger partial charge is 0.163 e. The monoisotopic (exact) mass is 348 g/mol. The zero-order valence-electron chi connectivity index (χ0n) is 15.5. The Morgan fingerprint density at radius 2 is 1.92 bits per heavy atom. The van der Waals surface area contributed by atoms with Crippen LogP contribution in [0.4, 0.5) is 0 Å². The molecule has 1 spiro atoms. The van der Waals surface area contributed by atoms with E-state index in [2.05, 4.69) is 13.5 Å². The van der Waals surface area contributed by atoms with Gasteiger partial charge in [0.15, 0.2) is 6.29 Å². The van der Waals surface area contributed by atoms with Crippen molar-refractivity contribution in [3.05, 3.63) is 12.2 Å². The maximum absolute atomic E-state index is 11.3. The molecule has 4 heteroatoms. The summed E-state index contributed by atoms with van der Waals surface area (Å²) in [7, 11) is 1.77. The number of methoxy groups -OCH3 is 1. The lowest BCUT2D eigenvalue weighted by molar-refractivity contribution is -0.362. The summed E-state index contributed by atoms with van der Waals surface area (Å²) >= 11 is 0. The van der Waals surface area contributed by atoms with E-state index in [4.69, 9.17) is 9.47 Å². The third-order valence-electron chi connectivity index (χ3n) is 9.27. The molecule has 4 nitrogen and oxygen atoms in total.